The number of hydrogen-bond acceptors (Lipinski definition) is 5. The van der Waals surface area contributed by atoms with Crippen molar-refractivity contribution in [3.8, 4) is 0 Å². The van der Waals surface area contributed by atoms with Crippen LogP contribution in [0.1, 0.15) is 63.2 Å². The smallest absolute Gasteiger partial charge is 0.226 e. The van der Waals surface area contributed by atoms with E-state index in [4.69, 9.17) is 9.52 Å². The Morgan fingerprint density at radius 2 is 2.00 bits per heavy atom. The maximum Gasteiger partial charge on any atom is 0.226 e. The summed E-state index contributed by atoms with van der Waals surface area (Å²) in [7, 11) is 0. The summed E-state index contributed by atoms with van der Waals surface area (Å²) in [5.74, 6) is 2.69. The number of piperidine rings is 1. The van der Waals surface area contributed by atoms with Crippen molar-refractivity contribution < 1.29 is 4.52 Å². The molecule has 0 atom stereocenters. The first-order chi connectivity index (χ1) is 14.6. The van der Waals surface area contributed by atoms with Crippen molar-refractivity contribution in [1.82, 2.24) is 25.7 Å². The highest BCUT2D eigenvalue weighted by Gasteiger charge is 2.20. The molecule has 2 N–H and O–H groups in total. The monoisotopic (exact) mass is 412 g/mol. The van der Waals surface area contributed by atoms with Crippen LogP contribution in [0.4, 0.5) is 0 Å². The molecule has 0 bridgehead atoms. The summed E-state index contributed by atoms with van der Waals surface area (Å²) in [5, 5.41) is 11.0. The van der Waals surface area contributed by atoms with Gasteiger partial charge in [0, 0.05) is 51.1 Å². The molecule has 164 valence electrons. The van der Waals surface area contributed by atoms with E-state index in [1.165, 1.54) is 5.56 Å². The molecule has 1 saturated heterocycles. The van der Waals surface area contributed by atoms with Gasteiger partial charge in [0.15, 0.2) is 11.8 Å². The van der Waals surface area contributed by atoms with E-state index in [1.807, 2.05) is 0 Å². The molecule has 1 aliphatic heterocycles. The van der Waals surface area contributed by atoms with Gasteiger partial charge in [-0.2, -0.15) is 4.98 Å². The number of benzene rings is 1. The minimum atomic E-state index is 0.296. The zero-order chi connectivity index (χ0) is 21.2. The van der Waals surface area contributed by atoms with E-state index in [0.717, 1.165) is 70.2 Å². The van der Waals surface area contributed by atoms with Crippen LogP contribution in [-0.2, 0) is 13.0 Å². The lowest BCUT2D eigenvalue weighted by Crippen LogP contribution is -2.48. The molecule has 0 saturated carbocycles. The number of rotatable bonds is 9. The van der Waals surface area contributed by atoms with Crippen LogP contribution in [0.2, 0.25) is 0 Å². The number of guanidine groups is 1. The Labute approximate surface area is 180 Å². The van der Waals surface area contributed by atoms with Crippen LogP contribution >= 0.6 is 0 Å². The molecule has 7 nitrogen and oxygen atoms in total. The maximum atomic E-state index is 5.31. The van der Waals surface area contributed by atoms with Crippen molar-refractivity contribution in [2.24, 2.45) is 4.99 Å². The molecule has 7 heteroatoms. The van der Waals surface area contributed by atoms with Gasteiger partial charge in [-0.15, -0.1) is 0 Å². The van der Waals surface area contributed by atoms with Crippen molar-refractivity contribution >= 4 is 5.96 Å². The molecule has 1 aromatic carbocycles. The van der Waals surface area contributed by atoms with Crippen LogP contribution in [0.15, 0.2) is 39.8 Å². The largest absolute Gasteiger partial charge is 0.357 e. The molecule has 0 radical (unpaired) electrons. The summed E-state index contributed by atoms with van der Waals surface area (Å²) >= 11 is 0. The van der Waals surface area contributed by atoms with E-state index in [1.54, 1.807) is 0 Å². The zero-order valence-corrected chi connectivity index (χ0v) is 18.6. The van der Waals surface area contributed by atoms with Gasteiger partial charge >= 0.3 is 0 Å². The first-order valence-corrected chi connectivity index (χ1v) is 11.3. The summed E-state index contributed by atoms with van der Waals surface area (Å²) < 4.78 is 5.31. The number of aliphatic imine (C=N–C) groups is 1. The lowest BCUT2D eigenvalue weighted by molar-refractivity contribution is 0.198. The van der Waals surface area contributed by atoms with Gasteiger partial charge in [0.1, 0.15) is 0 Å². The average molecular weight is 413 g/mol. The predicted octanol–water partition coefficient (Wildman–Crippen LogP) is 3.35. The summed E-state index contributed by atoms with van der Waals surface area (Å²) in [5.41, 5.74) is 1.39. The fourth-order valence-corrected chi connectivity index (χ4v) is 3.62. The van der Waals surface area contributed by atoms with Crippen molar-refractivity contribution in [2.75, 3.05) is 26.2 Å². The maximum absolute atomic E-state index is 5.31. The highest BCUT2D eigenvalue weighted by Crippen LogP contribution is 2.14. The van der Waals surface area contributed by atoms with Gasteiger partial charge < -0.3 is 15.2 Å². The molecule has 2 heterocycles. The minimum absolute atomic E-state index is 0.296. The van der Waals surface area contributed by atoms with Gasteiger partial charge in [-0.25, -0.2) is 0 Å². The normalized spacial score (nSPS) is 16.2. The molecule has 1 aliphatic rings. The Kier molecular flexibility index (Phi) is 8.68. The van der Waals surface area contributed by atoms with E-state index in [-0.39, 0.29) is 0 Å². The third-order valence-corrected chi connectivity index (χ3v) is 5.34. The van der Waals surface area contributed by atoms with Crippen LogP contribution < -0.4 is 10.6 Å². The average Bonchev–Trinajstić information content (AvgIpc) is 3.23. The second kappa shape index (κ2) is 11.7. The zero-order valence-electron chi connectivity index (χ0n) is 18.6. The Morgan fingerprint density at radius 1 is 1.23 bits per heavy atom. The molecule has 30 heavy (non-hydrogen) atoms. The molecular weight excluding hydrogens is 376 g/mol. The van der Waals surface area contributed by atoms with Crippen LogP contribution in [0.25, 0.3) is 0 Å². The van der Waals surface area contributed by atoms with Gasteiger partial charge in [0.25, 0.3) is 0 Å². The van der Waals surface area contributed by atoms with Crippen LogP contribution in [0, 0.1) is 0 Å². The molecular formula is C23H36N6O. The highest BCUT2D eigenvalue weighted by atomic mass is 16.5. The first-order valence-electron chi connectivity index (χ1n) is 11.3. The summed E-state index contributed by atoms with van der Waals surface area (Å²) in [6.07, 6.45) is 3.93. The molecule has 3 rings (SSSR count). The number of aromatic nitrogens is 2. The second-order valence-electron chi connectivity index (χ2n) is 8.25. The van der Waals surface area contributed by atoms with Crippen LogP contribution in [0.3, 0.4) is 0 Å². The summed E-state index contributed by atoms with van der Waals surface area (Å²) in [6, 6.07) is 11.2. The Bertz CT molecular complexity index is 765. The molecule has 0 amide bonds. The molecule has 1 fully saturated rings. The van der Waals surface area contributed by atoms with Gasteiger partial charge in [0.2, 0.25) is 5.89 Å². The fraction of sp³-hybridized carbons (Fsp3) is 0.609. The number of nitrogens with one attached hydrogen (secondary N) is 2. The molecule has 2 aromatic rings. The third kappa shape index (κ3) is 7.13. The van der Waals surface area contributed by atoms with Crippen molar-refractivity contribution in [3.63, 3.8) is 0 Å². The van der Waals surface area contributed by atoms with E-state index < -0.39 is 0 Å². The summed E-state index contributed by atoms with van der Waals surface area (Å²) in [6.45, 7) is 11.1. The van der Waals surface area contributed by atoms with Crippen LogP contribution in [-0.4, -0.2) is 53.2 Å². The van der Waals surface area contributed by atoms with Gasteiger partial charge in [-0.1, -0.05) is 49.3 Å². The standard InChI is InChI=1S/C23H36N6O/c1-4-24-23(25-14-8-11-21-27-22(18(2)3)28-30-21)26-20-12-15-29(16-13-20)17-19-9-6-5-7-10-19/h5-7,9-10,18,20H,4,8,11-17H2,1-3H3,(H2,24,25,26). The second-order valence-corrected chi connectivity index (χ2v) is 8.25. The van der Waals surface area contributed by atoms with E-state index in [2.05, 4.69) is 76.8 Å². The Morgan fingerprint density at radius 3 is 2.67 bits per heavy atom. The van der Waals surface area contributed by atoms with Gasteiger partial charge in [-0.05, 0) is 31.7 Å². The minimum Gasteiger partial charge on any atom is -0.357 e. The predicted molar refractivity (Wildman–Crippen MR) is 121 cm³/mol. The van der Waals surface area contributed by atoms with Crippen molar-refractivity contribution in [2.45, 2.75) is 65.0 Å². The Balaban J connectivity index is 1.40. The van der Waals surface area contributed by atoms with E-state index in [9.17, 15) is 0 Å². The van der Waals surface area contributed by atoms with E-state index >= 15 is 0 Å². The highest BCUT2D eigenvalue weighted by molar-refractivity contribution is 5.80. The van der Waals surface area contributed by atoms with Crippen LogP contribution in [0.5, 0.6) is 0 Å². The first kappa shape index (κ1) is 22.3. The molecule has 0 spiro atoms. The Hall–Kier alpha value is -2.41. The number of likely N-dealkylation sites (tertiary alicyclic amines) is 1. The quantitative estimate of drug-likeness (QED) is 0.374. The molecule has 1 aromatic heterocycles. The number of aryl methyl sites for hydroxylation is 1. The fourth-order valence-electron chi connectivity index (χ4n) is 3.62. The van der Waals surface area contributed by atoms with Gasteiger partial charge in [0.05, 0.1) is 0 Å². The summed E-state index contributed by atoms with van der Waals surface area (Å²) in [4.78, 5) is 11.7. The molecule has 0 unspecified atom stereocenters. The number of nitrogens with zero attached hydrogens (tertiary/aromatic N) is 4. The van der Waals surface area contributed by atoms with Crippen molar-refractivity contribution in [1.29, 1.82) is 0 Å². The lowest BCUT2D eigenvalue weighted by atomic mass is 10.0. The SMILES string of the molecule is CCNC(=NCCCc1nc(C(C)C)no1)NC1CCN(Cc2ccccc2)CC1. The van der Waals surface area contributed by atoms with Gasteiger partial charge in [-0.3, -0.25) is 9.89 Å². The number of hydrogen-bond donors (Lipinski definition) is 2. The lowest BCUT2D eigenvalue weighted by Gasteiger charge is -2.33. The van der Waals surface area contributed by atoms with E-state index in [0.29, 0.717) is 17.9 Å². The topological polar surface area (TPSA) is 78.6 Å². The molecule has 0 aliphatic carbocycles. The third-order valence-electron chi connectivity index (χ3n) is 5.34. The van der Waals surface area contributed by atoms with Crippen molar-refractivity contribution in [3.05, 3.63) is 47.6 Å².